The number of hydrogen-bond donors (Lipinski definition) is 2. The molecule has 32 heavy (non-hydrogen) atoms. The van der Waals surface area contributed by atoms with E-state index in [0.29, 0.717) is 17.2 Å². The second-order valence-electron chi connectivity index (χ2n) is 8.26. The minimum atomic E-state index is -0.418. The smallest absolute Gasteiger partial charge is 0.284 e. The third-order valence-corrected chi connectivity index (χ3v) is 6.33. The Morgan fingerprint density at radius 2 is 1.72 bits per heavy atom. The van der Waals surface area contributed by atoms with Crippen molar-refractivity contribution in [2.45, 2.75) is 18.5 Å². The maximum Gasteiger partial charge on any atom is 0.284 e. The largest absolute Gasteiger partial charge is 0.492 e. The number of carbonyl (C=O) groups excluding carboxylic acids is 1. The summed E-state index contributed by atoms with van der Waals surface area (Å²) in [5, 5.41) is 3.32. The topological polar surface area (TPSA) is 61.2 Å². The quantitative estimate of drug-likeness (QED) is 0.652. The summed E-state index contributed by atoms with van der Waals surface area (Å²) in [5.74, 6) is 1.83. The highest BCUT2D eigenvalue weighted by Gasteiger charge is 2.41. The van der Waals surface area contributed by atoms with Crippen LogP contribution in [0.15, 0.2) is 66.7 Å². The van der Waals surface area contributed by atoms with E-state index in [1.54, 1.807) is 7.11 Å². The number of carbonyl (C=O) groups is 1. The second-order valence-corrected chi connectivity index (χ2v) is 8.26. The average Bonchev–Trinajstić information content (AvgIpc) is 3.30. The molecule has 0 saturated carbocycles. The Bertz CT molecular complexity index is 1080. The third-order valence-electron chi connectivity index (χ3n) is 6.33. The molecule has 0 bridgehead atoms. The molecule has 6 heteroatoms. The molecule has 3 aromatic rings. The molecule has 2 aliphatic heterocycles. The summed E-state index contributed by atoms with van der Waals surface area (Å²) < 4.78 is 17.0. The Labute approximate surface area is 187 Å². The van der Waals surface area contributed by atoms with Crippen LogP contribution in [0, 0.1) is 0 Å². The number of rotatable bonds is 5. The van der Waals surface area contributed by atoms with Crippen molar-refractivity contribution >= 4 is 5.91 Å². The van der Waals surface area contributed by atoms with Crippen LogP contribution in [0.1, 0.15) is 34.3 Å². The molecular weight excluding hydrogens is 404 g/mol. The zero-order valence-corrected chi connectivity index (χ0v) is 18.3. The van der Waals surface area contributed by atoms with E-state index < -0.39 is 6.04 Å². The van der Waals surface area contributed by atoms with Crippen LogP contribution in [0.4, 0.5) is 0 Å². The normalized spacial score (nSPS) is 18.8. The van der Waals surface area contributed by atoms with Crippen LogP contribution >= 0.6 is 0 Å². The van der Waals surface area contributed by atoms with Crippen LogP contribution < -0.4 is 24.4 Å². The first kappa shape index (κ1) is 20.4. The van der Waals surface area contributed by atoms with E-state index in [4.69, 9.17) is 14.2 Å². The summed E-state index contributed by atoms with van der Waals surface area (Å²) in [4.78, 5) is 15.0. The molecule has 2 N–H and O–H groups in total. The Balaban J connectivity index is 1.54. The van der Waals surface area contributed by atoms with Crippen molar-refractivity contribution < 1.29 is 23.9 Å². The highest BCUT2D eigenvalue weighted by molar-refractivity contribution is 5.85. The molecule has 6 nitrogen and oxygen atoms in total. The lowest BCUT2D eigenvalue weighted by Crippen LogP contribution is -3.11. The Hall–Kier alpha value is -3.51. The number of hydrogen-bond acceptors (Lipinski definition) is 4. The van der Waals surface area contributed by atoms with Crippen molar-refractivity contribution in [3.8, 4) is 17.2 Å². The second kappa shape index (κ2) is 8.55. The molecule has 3 aromatic carbocycles. The van der Waals surface area contributed by atoms with Crippen LogP contribution in [0.2, 0.25) is 0 Å². The number of amides is 1. The van der Waals surface area contributed by atoms with Gasteiger partial charge in [0.2, 0.25) is 12.5 Å². The molecule has 0 saturated heterocycles. The number of benzene rings is 3. The fraction of sp³-hybridized carbons (Fsp3) is 0.269. The molecule has 1 amide bonds. The van der Waals surface area contributed by atoms with Crippen molar-refractivity contribution in [3.63, 3.8) is 0 Å². The van der Waals surface area contributed by atoms with Crippen molar-refractivity contribution in [1.29, 1.82) is 0 Å². The minimum absolute atomic E-state index is 0.0432. The number of methoxy groups -OCH3 is 1. The predicted molar refractivity (Wildman–Crippen MR) is 120 cm³/mol. The van der Waals surface area contributed by atoms with Crippen LogP contribution in [-0.2, 0) is 11.2 Å². The predicted octanol–water partition coefficient (Wildman–Crippen LogP) is 2.44. The summed E-state index contributed by atoms with van der Waals surface area (Å²) >= 11 is 0. The van der Waals surface area contributed by atoms with Gasteiger partial charge in [-0.25, -0.2) is 0 Å². The Kier molecular flexibility index (Phi) is 5.45. The first-order chi connectivity index (χ1) is 15.7. The summed E-state index contributed by atoms with van der Waals surface area (Å²) in [7, 11) is 3.67. The third kappa shape index (κ3) is 3.56. The zero-order chi connectivity index (χ0) is 22.1. The number of nitrogens with one attached hydrogen (secondary N) is 2. The number of quaternary nitrogens is 1. The Morgan fingerprint density at radius 1 is 1.06 bits per heavy atom. The lowest BCUT2D eigenvalue weighted by Gasteiger charge is -2.33. The lowest BCUT2D eigenvalue weighted by molar-refractivity contribution is -0.904. The molecule has 2 aliphatic rings. The van der Waals surface area contributed by atoms with Crippen LogP contribution in [0.25, 0.3) is 0 Å². The van der Waals surface area contributed by atoms with Crippen molar-refractivity contribution in [1.82, 2.24) is 5.32 Å². The van der Waals surface area contributed by atoms with Gasteiger partial charge in [0, 0.05) is 6.42 Å². The van der Waals surface area contributed by atoms with E-state index in [1.807, 2.05) is 66.7 Å². The molecule has 0 fully saturated rings. The van der Waals surface area contributed by atoms with Crippen molar-refractivity contribution in [2.24, 2.45) is 0 Å². The van der Waals surface area contributed by atoms with Crippen LogP contribution in [0.3, 0.4) is 0 Å². The molecule has 0 aromatic heterocycles. The van der Waals surface area contributed by atoms with Gasteiger partial charge in [-0.1, -0.05) is 60.7 Å². The van der Waals surface area contributed by atoms with Gasteiger partial charge in [0.25, 0.3) is 5.91 Å². The standard InChI is InChI=1S/C26H26N2O4/c1-28-14-13-19-15-20-24(32-16-31-20)25(30-2)21(19)23(28)26(29)27-22(17-9-5-3-6-10-17)18-11-7-4-8-12-18/h3-12,15,22-23H,13-14,16H2,1-2H3,(H,27,29)/p+1/t23-/m1/s1. The van der Waals surface area contributed by atoms with Gasteiger partial charge >= 0.3 is 0 Å². The highest BCUT2D eigenvalue weighted by Crippen LogP contribution is 2.47. The van der Waals surface area contributed by atoms with Crippen LogP contribution in [0.5, 0.6) is 17.2 Å². The number of ether oxygens (including phenoxy) is 3. The van der Waals surface area contributed by atoms with Gasteiger partial charge in [0.15, 0.2) is 17.5 Å². The van der Waals surface area contributed by atoms with E-state index in [2.05, 4.69) is 12.4 Å². The van der Waals surface area contributed by atoms with Crippen LogP contribution in [-0.4, -0.2) is 33.4 Å². The van der Waals surface area contributed by atoms with E-state index in [9.17, 15) is 4.79 Å². The molecule has 1 unspecified atom stereocenters. The van der Waals surface area contributed by atoms with Gasteiger partial charge in [-0.3, -0.25) is 4.79 Å². The SMILES string of the molecule is COc1c2c(cc3c1[C@H](C(=O)NC(c1ccccc1)c1ccccc1)[NH+](C)CC3)OCO2. The molecule has 2 heterocycles. The molecular formula is C26H27N2O4+. The number of fused-ring (bicyclic) bond motifs is 2. The Morgan fingerprint density at radius 3 is 2.34 bits per heavy atom. The maximum absolute atomic E-state index is 13.8. The molecule has 164 valence electrons. The summed E-state index contributed by atoms with van der Waals surface area (Å²) in [6.45, 7) is 1.01. The molecule has 0 radical (unpaired) electrons. The molecule has 0 spiro atoms. The van der Waals surface area contributed by atoms with E-state index in [0.717, 1.165) is 40.1 Å². The first-order valence-corrected chi connectivity index (χ1v) is 10.9. The van der Waals surface area contributed by atoms with Gasteiger partial charge in [0.05, 0.1) is 32.3 Å². The lowest BCUT2D eigenvalue weighted by atomic mass is 9.90. The van der Waals surface area contributed by atoms with E-state index >= 15 is 0 Å². The van der Waals surface area contributed by atoms with E-state index in [-0.39, 0.29) is 18.7 Å². The monoisotopic (exact) mass is 431 g/mol. The maximum atomic E-state index is 13.8. The minimum Gasteiger partial charge on any atom is -0.492 e. The molecule has 0 aliphatic carbocycles. The highest BCUT2D eigenvalue weighted by atomic mass is 16.7. The first-order valence-electron chi connectivity index (χ1n) is 10.9. The van der Waals surface area contributed by atoms with Gasteiger partial charge in [0.1, 0.15) is 0 Å². The summed E-state index contributed by atoms with van der Waals surface area (Å²) in [6, 6.07) is 21.5. The fourth-order valence-electron chi connectivity index (χ4n) is 4.76. The summed E-state index contributed by atoms with van der Waals surface area (Å²) in [5.41, 5.74) is 4.04. The molecule has 2 atom stereocenters. The summed E-state index contributed by atoms with van der Waals surface area (Å²) in [6.07, 6.45) is 0.846. The fourth-order valence-corrected chi connectivity index (χ4v) is 4.76. The zero-order valence-electron chi connectivity index (χ0n) is 18.3. The average molecular weight is 432 g/mol. The van der Waals surface area contributed by atoms with Crippen molar-refractivity contribution in [3.05, 3.63) is 89.0 Å². The van der Waals surface area contributed by atoms with Gasteiger partial charge in [-0.15, -0.1) is 0 Å². The van der Waals surface area contributed by atoms with Gasteiger partial charge in [-0.05, 0) is 22.8 Å². The number of likely N-dealkylation sites (N-methyl/N-ethyl adjacent to an activating group) is 1. The molecule has 5 rings (SSSR count). The van der Waals surface area contributed by atoms with Crippen molar-refractivity contribution in [2.75, 3.05) is 27.5 Å². The van der Waals surface area contributed by atoms with Gasteiger partial charge in [-0.2, -0.15) is 0 Å². The van der Waals surface area contributed by atoms with Gasteiger partial charge < -0.3 is 24.4 Å². The van der Waals surface area contributed by atoms with E-state index in [1.165, 1.54) is 0 Å².